The second-order valence-electron chi connectivity index (χ2n) is 4.76. The number of methoxy groups -OCH3 is 1. The second-order valence-corrected chi connectivity index (χ2v) is 4.76. The van der Waals surface area contributed by atoms with Crippen LogP contribution in [0.3, 0.4) is 0 Å². The Labute approximate surface area is 110 Å². The molecular formula is C15H13N3O. The highest BCUT2D eigenvalue weighted by molar-refractivity contribution is 5.95. The lowest BCUT2D eigenvalue weighted by Gasteiger charge is -2.14. The lowest BCUT2D eigenvalue weighted by Crippen LogP contribution is -2.05. The molecule has 0 saturated heterocycles. The smallest absolute Gasteiger partial charge is 0.142 e. The van der Waals surface area contributed by atoms with E-state index >= 15 is 0 Å². The number of aromatic amines is 1. The Morgan fingerprint density at radius 3 is 3.11 bits per heavy atom. The minimum absolute atomic E-state index is 0.877. The van der Waals surface area contributed by atoms with Gasteiger partial charge in [0.15, 0.2) is 0 Å². The fourth-order valence-electron chi connectivity index (χ4n) is 2.90. The van der Waals surface area contributed by atoms with E-state index in [1.54, 1.807) is 13.4 Å². The van der Waals surface area contributed by atoms with Gasteiger partial charge >= 0.3 is 0 Å². The van der Waals surface area contributed by atoms with Gasteiger partial charge in [-0.2, -0.15) is 0 Å². The van der Waals surface area contributed by atoms with Gasteiger partial charge in [0.25, 0.3) is 0 Å². The van der Waals surface area contributed by atoms with Crippen molar-refractivity contribution in [1.82, 2.24) is 15.0 Å². The molecule has 2 aromatic heterocycles. The van der Waals surface area contributed by atoms with Crippen molar-refractivity contribution < 1.29 is 4.74 Å². The molecule has 1 N–H and O–H groups in total. The van der Waals surface area contributed by atoms with E-state index in [1.165, 1.54) is 16.5 Å². The summed E-state index contributed by atoms with van der Waals surface area (Å²) in [6.45, 7) is 0. The maximum Gasteiger partial charge on any atom is 0.142 e. The molecule has 94 valence electrons. The Bertz CT molecular complexity index is 776. The molecule has 1 aromatic carbocycles. The molecule has 0 bridgehead atoms. The molecule has 4 rings (SSSR count). The van der Waals surface area contributed by atoms with Crippen molar-refractivity contribution in [1.29, 1.82) is 0 Å². The average molecular weight is 251 g/mol. The lowest BCUT2D eigenvalue weighted by atomic mass is 9.93. The third-order valence-electron chi connectivity index (χ3n) is 3.79. The average Bonchev–Trinajstić information content (AvgIpc) is 2.86. The number of nitrogens with zero attached hydrogens (tertiary/aromatic N) is 2. The van der Waals surface area contributed by atoms with Crippen molar-refractivity contribution >= 4 is 10.9 Å². The predicted octanol–water partition coefficient (Wildman–Crippen LogP) is 2.73. The van der Waals surface area contributed by atoms with Crippen LogP contribution in [-0.2, 0) is 12.8 Å². The van der Waals surface area contributed by atoms with E-state index in [9.17, 15) is 0 Å². The molecule has 2 heterocycles. The Morgan fingerprint density at radius 2 is 2.21 bits per heavy atom. The molecule has 0 fully saturated rings. The summed E-state index contributed by atoms with van der Waals surface area (Å²) in [7, 11) is 1.70. The SMILES string of the molecule is COc1cccc2c3c([nH]c12)-c1ncncc1CC3. The van der Waals surface area contributed by atoms with Gasteiger partial charge in [-0.25, -0.2) is 9.97 Å². The van der Waals surface area contributed by atoms with Gasteiger partial charge < -0.3 is 9.72 Å². The van der Waals surface area contributed by atoms with Crippen molar-refractivity contribution in [3.05, 3.63) is 41.9 Å². The number of para-hydroxylation sites is 1. The Hall–Kier alpha value is -2.36. The van der Waals surface area contributed by atoms with E-state index in [-0.39, 0.29) is 0 Å². The molecule has 0 amide bonds. The van der Waals surface area contributed by atoms with Crippen molar-refractivity contribution in [3.8, 4) is 17.1 Å². The molecular weight excluding hydrogens is 238 g/mol. The first-order chi connectivity index (χ1) is 9.38. The second kappa shape index (κ2) is 3.82. The molecule has 0 atom stereocenters. The minimum Gasteiger partial charge on any atom is -0.495 e. The van der Waals surface area contributed by atoms with Gasteiger partial charge in [-0.15, -0.1) is 0 Å². The largest absolute Gasteiger partial charge is 0.495 e. The maximum absolute atomic E-state index is 5.43. The van der Waals surface area contributed by atoms with Gasteiger partial charge in [-0.05, 0) is 30.0 Å². The number of rotatable bonds is 1. The molecule has 1 aliphatic rings. The summed E-state index contributed by atoms with van der Waals surface area (Å²) in [5.41, 5.74) is 5.74. The van der Waals surface area contributed by atoms with Crippen molar-refractivity contribution in [3.63, 3.8) is 0 Å². The summed E-state index contributed by atoms with van der Waals surface area (Å²) in [6.07, 6.45) is 5.53. The molecule has 0 aliphatic heterocycles. The van der Waals surface area contributed by atoms with Crippen molar-refractivity contribution in [2.45, 2.75) is 12.8 Å². The van der Waals surface area contributed by atoms with Crippen molar-refractivity contribution in [2.24, 2.45) is 0 Å². The molecule has 0 spiro atoms. The van der Waals surface area contributed by atoms with Crippen LogP contribution < -0.4 is 4.74 Å². The highest BCUT2D eigenvalue weighted by Crippen LogP contribution is 2.38. The highest BCUT2D eigenvalue weighted by atomic mass is 16.5. The van der Waals surface area contributed by atoms with Gasteiger partial charge in [-0.1, -0.05) is 12.1 Å². The first kappa shape index (κ1) is 10.6. The normalized spacial score (nSPS) is 13.1. The summed E-state index contributed by atoms with van der Waals surface area (Å²) in [5.74, 6) is 0.877. The van der Waals surface area contributed by atoms with E-state index in [2.05, 4.69) is 21.0 Å². The summed E-state index contributed by atoms with van der Waals surface area (Å²) in [5, 5.41) is 1.23. The summed E-state index contributed by atoms with van der Waals surface area (Å²) in [4.78, 5) is 12.0. The van der Waals surface area contributed by atoms with Gasteiger partial charge in [0.1, 0.15) is 12.1 Å². The molecule has 4 nitrogen and oxygen atoms in total. The summed E-state index contributed by atoms with van der Waals surface area (Å²) < 4.78 is 5.43. The Morgan fingerprint density at radius 1 is 1.26 bits per heavy atom. The molecule has 19 heavy (non-hydrogen) atoms. The van der Waals surface area contributed by atoms with Gasteiger partial charge in [0, 0.05) is 11.6 Å². The predicted molar refractivity (Wildman–Crippen MR) is 73.3 cm³/mol. The number of aromatic nitrogens is 3. The quantitative estimate of drug-likeness (QED) is 0.723. The summed E-state index contributed by atoms with van der Waals surface area (Å²) in [6, 6.07) is 6.15. The fraction of sp³-hybridized carbons (Fsp3) is 0.200. The molecule has 1 aliphatic carbocycles. The van der Waals surface area contributed by atoms with Gasteiger partial charge in [-0.3, -0.25) is 0 Å². The van der Waals surface area contributed by atoms with E-state index in [4.69, 9.17) is 4.74 Å². The first-order valence-corrected chi connectivity index (χ1v) is 6.35. The zero-order valence-electron chi connectivity index (χ0n) is 10.6. The van der Waals surface area contributed by atoms with Crippen LogP contribution in [0.4, 0.5) is 0 Å². The Balaban J connectivity index is 2.07. The number of H-pyrrole nitrogens is 1. The van der Waals surface area contributed by atoms with Gasteiger partial charge in [0.05, 0.1) is 24.0 Å². The first-order valence-electron chi connectivity index (χ1n) is 6.35. The zero-order chi connectivity index (χ0) is 12.8. The maximum atomic E-state index is 5.43. The van der Waals surface area contributed by atoms with Crippen LogP contribution in [0, 0.1) is 0 Å². The van der Waals surface area contributed by atoms with E-state index in [0.29, 0.717) is 0 Å². The number of nitrogens with one attached hydrogen (secondary N) is 1. The number of aryl methyl sites for hydroxylation is 2. The van der Waals surface area contributed by atoms with Crippen LogP contribution in [0.5, 0.6) is 5.75 Å². The van der Waals surface area contributed by atoms with Crippen LogP contribution in [0.25, 0.3) is 22.3 Å². The monoisotopic (exact) mass is 251 g/mol. The molecule has 0 saturated carbocycles. The molecule has 0 unspecified atom stereocenters. The zero-order valence-corrected chi connectivity index (χ0v) is 10.6. The van der Waals surface area contributed by atoms with Crippen LogP contribution in [0.1, 0.15) is 11.1 Å². The number of benzene rings is 1. The number of ether oxygens (including phenoxy) is 1. The van der Waals surface area contributed by atoms with E-state index in [1.807, 2.05) is 18.3 Å². The number of fused-ring (bicyclic) bond motifs is 5. The van der Waals surface area contributed by atoms with E-state index in [0.717, 1.165) is 35.5 Å². The minimum atomic E-state index is 0.877. The molecule has 3 aromatic rings. The molecule has 0 radical (unpaired) electrons. The Kier molecular flexibility index (Phi) is 2.12. The topological polar surface area (TPSA) is 50.8 Å². The number of hydrogen-bond acceptors (Lipinski definition) is 3. The van der Waals surface area contributed by atoms with Crippen LogP contribution in [0.15, 0.2) is 30.7 Å². The van der Waals surface area contributed by atoms with Crippen LogP contribution in [-0.4, -0.2) is 22.1 Å². The van der Waals surface area contributed by atoms with Crippen LogP contribution >= 0.6 is 0 Å². The molecule has 4 heteroatoms. The lowest BCUT2D eigenvalue weighted by molar-refractivity contribution is 0.419. The van der Waals surface area contributed by atoms with E-state index < -0.39 is 0 Å². The third kappa shape index (κ3) is 1.40. The third-order valence-corrected chi connectivity index (χ3v) is 3.79. The van der Waals surface area contributed by atoms with Crippen molar-refractivity contribution in [2.75, 3.05) is 7.11 Å². The fourth-order valence-corrected chi connectivity index (χ4v) is 2.90. The van der Waals surface area contributed by atoms with Crippen LogP contribution in [0.2, 0.25) is 0 Å². The highest BCUT2D eigenvalue weighted by Gasteiger charge is 2.22. The standard InChI is InChI=1S/C15H13N3O/c1-19-12-4-2-3-10-11-6-5-9-7-16-8-17-13(9)15(11)18-14(10)12/h2-4,7-8,18H,5-6H2,1H3. The van der Waals surface area contributed by atoms with Gasteiger partial charge in [0.2, 0.25) is 0 Å². The number of hydrogen-bond donors (Lipinski definition) is 1. The summed E-state index contributed by atoms with van der Waals surface area (Å²) >= 11 is 0.